The maximum absolute atomic E-state index is 12.5. The quantitative estimate of drug-likeness (QED) is 0.748. The average Bonchev–Trinajstić information content (AvgIpc) is 2.60. The molecule has 0 aliphatic rings. The fourth-order valence-corrected chi connectivity index (χ4v) is 2.28. The standard InChI is InChI=1S/C21H27NO3/c1-5-19(25-20-9-7-6-8-16(20)4)21(23)22-17-10-12-18(13-11-17)24-14-15(2)3/h6-13,15,19H,5,14H2,1-4H3,(H,22,23)/t19-/m1/s1. The van der Waals surface area contributed by atoms with Crippen molar-refractivity contribution in [1.82, 2.24) is 0 Å². The number of ether oxygens (including phenoxy) is 2. The van der Waals surface area contributed by atoms with Crippen molar-refractivity contribution in [2.75, 3.05) is 11.9 Å². The molecule has 2 rings (SSSR count). The number of nitrogens with one attached hydrogen (secondary N) is 1. The van der Waals surface area contributed by atoms with E-state index in [1.165, 1.54) is 0 Å². The van der Waals surface area contributed by atoms with Gasteiger partial charge < -0.3 is 14.8 Å². The maximum Gasteiger partial charge on any atom is 0.265 e. The summed E-state index contributed by atoms with van der Waals surface area (Å²) in [4.78, 5) is 12.5. The summed E-state index contributed by atoms with van der Waals surface area (Å²) in [6.07, 6.45) is 0.0633. The highest BCUT2D eigenvalue weighted by molar-refractivity contribution is 5.94. The Labute approximate surface area is 150 Å². The van der Waals surface area contributed by atoms with E-state index in [2.05, 4.69) is 19.2 Å². The Morgan fingerprint density at radius 1 is 1.08 bits per heavy atom. The summed E-state index contributed by atoms with van der Waals surface area (Å²) < 4.78 is 11.5. The number of hydrogen-bond donors (Lipinski definition) is 1. The largest absolute Gasteiger partial charge is 0.493 e. The van der Waals surface area contributed by atoms with Gasteiger partial charge in [-0.25, -0.2) is 0 Å². The molecule has 2 aromatic carbocycles. The lowest BCUT2D eigenvalue weighted by atomic mass is 10.2. The highest BCUT2D eigenvalue weighted by Gasteiger charge is 2.19. The van der Waals surface area contributed by atoms with Crippen LogP contribution in [0, 0.1) is 12.8 Å². The second-order valence-electron chi connectivity index (χ2n) is 6.50. The first-order valence-electron chi connectivity index (χ1n) is 8.75. The normalized spacial score (nSPS) is 11.9. The van der Waals surface area contributed by atoms with Crippen LogP contribution in [0.1, 0.15) is 32.8 Å². The van der Waals surface area contributed by atoms with Crippen molar-refractivity contribution in [3.8, 4) is 11.5 Å². The molecule has 0 saturated carbocycles. The molecule has 4 heteroatoms. The van der Waals surface area contributed by atoms with Crippen molar-refractivity contribution >= 4 is 11.6 Å². The van der Waals surface area contributed by atoms with Gasteiger partial charge in [0.25, 0.3) is 5.91 Å². The minimum atomic E-state index is -0.530. The zero-order valence-corrected chi connectivity index (χ0v) is 15.4. The van der Waals surface area contributed by atoms with Gasteiger partial charge in [0.15, 0.2) is 6.10 Å². The molecule has 0 spiro atoms. The number of hydrogen-bond acceptors (Lipinski definition) is 3. The monoisotopic (exact) mass is 341 g/mol. The van der Waals surface area contributed by atoms with Gasteiger partial charge in [0.1, 0.15) is 11.5 Å². The number of benzene rings is 2. The Balaban J connectivity index is 1.96. The van der Waals surface area contributed by atoms with Crippen molar-refractivity contribution in [3.63, 3.8) is 0 Å². The van der Waals surface area contributed by atoms with Crippen LogP contribution in [0.4, 0.5) is 5.69 Å². The molecule has 1 amide bonds. The SMILES string of the molecule is CC[C@@H](Oc1ccccc1C)C(=O)Nc1ccc(OCC(C)C)cc1. The Morgan fingerprint density at radius 2 is 1.76 bits per heavy atom. The first-order valence-corrected chi connectivity index (χ1v) is 8.75. The van der Waals surface area contributed by atoms with Gasteiger partial charge in [-0.1, -0.05) is 39.0 Å². The van der Waals surface area contributed by atoms with E-state index in [4.69, 9.17) is 9.47 Å². The number of aryl methyl sites for hydroxylation is 1. The van der Waals surface area contributed by atoms with E-state index in [0.717, 1.165) is 22.7 Å². The van der Waals surface area contributed by atoms with Crippen LogP contribution in [0.2, 0.25) is 0 Å². The third-order valence-electron chi connectivity index (χ3n) is 3.73. The van der Waals surface area contributed by atoms with E-state index in [-0.39, 0.29) is 5.91 Å². The zero-order valence-electron chi connectivity index (χ0n) is 15.4. The number of amides is 1. The van der Waals surface area contributed by atoms with Crippen molar-refractivity contribution in [1.29, 1.82) is 0 Å². The molecule has 0 bridgehead atoms. The van der Waals surface area contributed by atoms with E-state index in [1.54, 1.807) is 0 Å². The number of carbonyl (C=O) groups is 1. The van der Waals surface area contributed by atoms with Crippen LogP contribution < -0.4 is 14.8 Å². The number of para-hydroxylation sites is 1. The molecule has 1 N–H and O–H groups in total. The molecule has 0 aromatic heterocycles. The highest BCUT2D eigenvalue weighted by Crippen LogP contribution is 2.20. The molecule has 2 aromatic rings. The summed E-state index contributed by atoms with van der Waals surface area (Å²) >= 11 is 0. The summed E-state index contributed by atoms with van der Waals surface area (Å²) in [6, 6.07) is 15.1. The van der Waals surface area contributed by atoms with Crippen molar-refractivity contribution < 1.29 is 14.3 Å². The summed E-state index contributed by atoms with van der Waals surface area (Å²) in [5.74, 6) is 1.86. The zero-order chi connectivity index (χ0) is 18.2. The molecule has 0 saturated heterocycles. The molecule has 0 fully saturated rings. The van der Waals surface area contributed by atoms with Crippen LogP contribution in [-0.4, -0.2) is 18.6 Å². The smallest absolute Gasteiger partial charge is 0.265 e. The van der Waals surface area contributed by atoms with Crippen molar-refractivity contribution in [2.24, 2.45) is 5.92 Å². The predicted octanol–water partition coefficient (Wildman–Crippen LogP) is 4.83. The number of rotatable bonds is 8. The first-order chi connectivity index (χ1) is 12.0. The fourth-order valence-electron chi connectivity index (χ4n) is 2.28. The molecule has 0 aliphatic heterocycles. The molecule has 4 nitrogen and oxygen atoms in total. The molecular weight excluding hydrogens is 314 g/mol. The average molecular weight is 341 g/mol. The summed E-state index contributed by atoms with van der Waals surface area (Å²) in [5.41, 5.74) is 1.74. The van der Waals surface area contributed by atoms with E-state index < -0.39 is 6.10 Å². The van der Waals surface area contributed by atoms with Gasteiger partial charge in [0, 0.05) is 5.69 Å². The first kappa shape index (κ1) is 18.8. The van der Waals surface area contributed by atoms with Gasteiger partial charge >= 0.3 is 0 Å². The fraction of sp³-hybridized carbons (Fsp3) is 0.381. The Kier molecular flexibility index (Phi) is 6.87. The van der Waals surface area contributed by atoms with Crippen LogP contribution in [0.3, 0.4) is 0 Å². The summed E-state index contributed by atoms with van der Waals surface area (Å²) in [7, 11) is 0. The number of carbonyl (C=O) groups excluding carboxylic acids is 1. The second kappa shape index (κ2) is 9.11. The van der Waals surface area contributed by atoms with E-state index in [0.29, 0.717) is 18.9 Å². The Morgan fingerprint density at radius 3 is 2.36 bits per heavy atom. The highest BCUT2D eigenvalue weighted by atomic mass is 16.5. The summed E-state index contributed by atoms with van der Waals surface area (Å²) in [6.45, 7) is 8.79. The molecule has 0 aliphatic carbocycles. The van der Waals surface area contributed by atoms with Gasteiger partial charge in [0.2, 0.25) is 0 Å². The van der Waals surface area contributed by atoms with Gasteiger partial charge in [-0.2, -0.15) is 0 Å². The van der Waals surface area contributed by atoms with Crippen LogP contribution in [-0.2, 0) is 4.79 Å². The minimum absolute atomic E-state index is 0.151. The Hall–Kier alpha value is -2.49. The third kappa shape index (κ3) is 5.82. The van der Waals surface area contributed by atoms with Gasteiger partial charge in [-0.3, -0.25) is 4.79 Å². The lowest BCUT2D eigenvalue weighted by molar-refractivity contribution is -0.122. The van der Waals surface area contributed by atoms with Crippen molar-refractivity contribution in [2.45, 2.75) is 40.2 Å². The lowest BCUT2D eigenvalue weighted by Crippen LogP contribution is -2.32. The Bertz CT molecular complexity index is 680. The van der Waals surface area contributed by atoms with Crippen molar-refractivity contribution in [3.05, 3.63) is 54.1 Å². The third-order valence-corrected chi connectivity index (χ3v) is 3.73. The van der Waals surface area contributed by atoms with Gasteiger partial charge in [-0.15, -0.1) is 0 Å². The molecular formula is C21H27NO3. The molecule has 0 unspecified atom stereocenters. The molecule has 0 radical (unpaired) electrons. The molecule has 0 heterocycles. The van der Waals surface area contributed by atoms with E-state index >= 15 is 0 Å². The van der Waals surface area contributed by atoms with Crippen LogP contribution in [0.5, 0.6) is 11.5 Å². The summed E-state index contributed by atoms with van der Waals surface area (Å²) in [5, 5.41) is 2.91. The maximum atomic E-state index is 12.5. The minimum Gasteiger partial charge on any atom is -0.493 e. The molecule has 1 atom stereocenters. The van der Waals surface area contributed by atoms with E-state index in [1.807, 2.05) is 62.4 Å². The van der Waals surface area contributed by atoms with Gasteiger partial charge in [-0.05, 0) is 55.2 Å². The van der Waals surface area contributed by atoms with Crippen LogP contribution in [0.15, 0.2) is 48.5 Å². The predicted molar refractivity (Wildman–Crippen MR) is 101 cm³/mol. The molecule has 134 valence electrons. The molecule has 25 heavy (non-hydrogen) atoms. The van der Waals surface area contributed by atoms with Gasteiger partial charge in [0.05, 0.1) is 6.61 Å². The van der Waals surface area contributed by atoms with E-state index in [9.17, 15) is 4.79 Å². The topological polar surface area (TPSA) is 47.6 Å². The lowest BCUT2D eigenvalue weighted by Gasteiger charge is -2.18. The second-order valence-corrected chi connectivity index (χ2v) is 6.50. The van der Waals surface area contributed by atoms with Crippen LogP contribution >= 0.6 is 0 Å². The number of anilines is 1. The van der Waals surface area contributed by atoms with Crippen LogP contribution in [0.25, 0.3) is 0 Å².